The van der Waals surface area contributed by atoms with Gasteiger partial charge in [0, 0.05) is 22.1 Å². The molecule has 0 radical (unpaired) electrons. The van der Waals surface area contributed by atoms with E-state index < -0.39 is 8.56 Å². The first-order chi connectivity index (χ1) is 9.89. The third-order valence-corrected chi connectivity index (χ3v) is 10.5. The molecule has 22 heavy (non-hydrogen) atoms. The molecule has 0 aromatic carbocycles. The third-order valence-electron chi connectivity index (χ3n) is 5.19. The Bertz CT molecular complexity index is 375. The minimum absolute atomic E-state index is 0.0457. The van der Waals surface area contributed by atoms with Crippen LogP contribution in [-0.4, -0.2) is 20.8 Å². The summed E-state index contributed by atoms with van der Waals surface area (Å²) in [6, 6.07) is 0. The molecule has 2 nitrogen and oxygen atoms in total. The van der Waals surface area contributed by atoms with E-state index in [1.165, 1.54) is 5.57 Å². The highest BCUT2D eigenvalue weighted by Gasteiger charge is 2.62. The first kappa shape index (κ1) is 19.9. The average Bonchev–Trinajstić information content (AvgIpc) is 2.35. The van der Waals surface area contributed by atoms with Crippen LogP contribution in [-0.2, 0) is 8.85 Å². The van der Waals surface area contributed by atoms with Crippen molar-refractivity contribution < 1.29 is 8.85 Å². The maximum atomic E-state index is 6.91. The Balaban J connectivity index is 3.25. The summed E-state index contributed by atoms with van der Waals surface area (Å²) < 4.78 is 13.6. The zero-order valence-corrected chi connectivity index (χ0v) is 17.4. The van der Waals surface area contributed by atoms with E-state index in [-0.39, 0.29) is 22.3 Å². The minimum atomic E-state index is -2.39. The van der Waals surface area contributed by atoms with Gasteiger partial charge in [-0.1, -0.05) is 67.5 Å². The molecule has 0 spiro atoms. The number of hydrogen-bond donors (Lipinski definition) is 0. The van der Waals surface area contributed by atoms with E-state index in [4.69, 9.17) is 8.85 Å². The highest BCUT2D eigenvalue weighted by molar-refractivity contribution is 6.73. The van der Waals surface area contributed by atoms with E-state index in [1.807, 2.05) is 0 Å². The summed E-state index contributed by atoms with van der Waals surface area (Å²) in [4.78, 5) is 0. The van der Waals surface area contributed by atoms with E-state index in [9.17, 15) is 0 Å². The Hall–Kier alpha value is -0.123. The molecule has 0 amide bonds. The molecule has 0 aliphatic carbocycles. The van der Waals surface area contributed by atoms with Gasteiger partial charge in [-0.15, -0.1) is 0 Å². The molecule has 1 aliphatic rings. The lowest BCUT2D eigenvalue weighted by molar-refractivity contribution is -0.0659. The molecule has 0 N–H and O–H groups in total. The highest BCUT2D eigenvalue weighted by Crippen LogP contribution is 2.56. The van der Waals surface area contributed by atoms with Crippen LogP contribution in [0.2, 0.25) is 10.1 Å². The molecular formula is C19H38O2Si. The van der Waals surface area contributed by atoms with E-state index >= 15 is 0 Å². The predicted molar refractivity (Wildman–Crippen MR) is 98.4 cm³/mol. The van der Waals surface area contributed by atoms with Gasteiger partial charge in [-0.2, -0.15) is 0 Å². The average molecular weight is 327 g/mol. The fourth-order valence-corrected chi connectivity index (χ4v) is 9.13. The van der Waals surface area contributed by atoms with Gasteiger partial charge >= 0.3 is 8.56 Å². The molecule has 0 bridgehead atoms. The van der Waals surface area contributed by atoms with E-state index in [1.54, 1.807) is 0 Å². The summed E-state index contributed by atoms with van der Waals surface area (Å²) in [6.07, 6.45) is 3.63. The van der Waals surface area contributed by atoms with Crippen molar-refractivity contribution in [2.45, 2.75) is 104 Å². The zero-order valence-electron chi connectivity index (χ0n) is 16.4. The Morgan fingerprint density at radius 2 is 1.50 bits per heavy atom. The van der Waals surface area contributed by atoms with Crippen LogP contribution in [0.4, 0.5) is 0 Å². The van der Waals surface area contributed by atoms with Crippen LogP contribution in [0.25, 0.3) is 0 Å². The quantitative estimate of drug-likeness (QED) is 0.451. The molecule has 1 rings (SSSR count). The molecule has 1 heterocycles. The summed E-state index contributed by atoms with van der Waals surface area (Å²) in [5, 5.41) is 0.0913. The van der Waals surface area contributed by atoms with Gasteiger partial charge in [-0.3, -0.25) is 0 Å². The van der Waals surface area contributed by atoms with Crippen molar-refractivity contribution in [1.29, 1.82) is 0 Å². The van der Waals surface area contributed by atoms with Crippen molar-refractivity contribution in [3.63, 3.8) is 0 Å². The van der Waals surface area contributed by atoms with Crippen molar-refractivity contribution in [2.24, 2.45) is 5.92 Å². The van der Waals surface area contributed by atoms with Crippen molar-refractivity contribution >= 4 is 8.56 Å². The Kier molecular flexibility index (Phi) is 6.14. The van der Waals surface area contributed by atoms with Crippen molar-refractivity contribution in [3.05, 3.63) is 12.2 Å². The second-order valence-corrected chi connectivity index (χ2v) is 13.7. The first-order valence-corrected chi connectivity index (χ1v) is 10.7. The van der Waals surface area contributed by atoms with E-state index in [0.717, 1.165) is 19.3 Å². The maximum Gasteiger partial charge on any atom is 0.349 e. The minimum Gasteiger partial charge on any atom is -0.390 e. The van der Waals surface area contributed by atoms with Gasteiger partial charge in [0.2, 0.25) is 0 Å². The fraction of sp³-hybridized carbons (Fsp3) is 0.895. The van der Waals surface area contributed by atoms with Gasteiger partial charge in [-0.25, -0.2) is 0 Å². The van der Waals surface area contributed by atoms with Gasteiger partial charge in [0.15, 0.2) is 0 Å². The lowest BCUT2D eigenvalue weighted by atomic mass is 9.89. The maximum absolute atomic E-state index is 6.91. The molecule has 0 saturated carbocycles. The Morgan fingerprint density at radius 1 is 1.00 bits per heavy atom. The standard InChI is InChI=1S/C19H38O2Si/c1-11-14(3)13-17-16(12-2)15(4)20-22(21-17,18(5,6)7)19(8,9)10/h15-17H,3,11-13H2,1-2,4-10H3/t15-,16-,17-/m1/s1. The summed E-state index contributed by atoms with van der Waals surface area (Å²) in [7, 11) is -2.39. The normalized spacial score (nSPS) is 29.4. The largest absolute Gasteiger partial charge is 0.390 e. The van der Waals surface area contributed by atoms with Crippen LogP contribution in [0.15, 0.2) is 12.2 Å². The SMILES string of the molecule is C=C(CC)C[C@H]1O[Si](C(C)(C)C)(C(C)(C)C)O[C@H](C)[C@H]1CC. The van der Waals surface area contributed by atoms with E-state index in [0.29, 0.717) is 5.92 Å². The zero-order chi connectivity index (χ0) is 17.3. The van der Waals surface area contributed by atoms with Crippen molar-refractivity contribution in [1.82, 2.24) is 0 Å². The fourth-order valence-electron chi connectivity index (χ4n) is 4.03. The summed E-state index contributed by atoms with van der Waals surface area (Å²) in [6.45, 7) is 24.6. The third kappa shape index (κ3) is 3.68. The molecule has 3 atom stereocenters. The monoisotopic (exact) mass is 326 g/mol. The Labute approximate surface area is 139 Å². The van der Waals surface area contributed by atoms with Gasteiger partial charge in [0.25, 0.3) is 0 Å². The van der Waals surface area contributed by atoms with Crippen LogP contribution < -0.4 is 0 Å². The van der Waals surface area contributed by atoms with Crippen LogP contribution in [0.3, 0.4) is 0 Å². The molecule has 1 aliphatic heterocycles. The molecule has 1 fully saturated rings. The predicted octanol–water partition coefficient (Wildman–Crippen LogP) is 6.22. The molecule has 0 unspecified atom stereocenters. The second kappa shape index (κ2) is 6.78. The van der Waals surface area contributed by atoms with Crippen LogP contribution >= 0.6 is 0 Å². The smallest absolute Gasteiger partial charge is 0.349 e. The summed E-state index contributed by atoms with van der Waals surface area (Å²) in [5.74, 6) is 0.466. The molecule has 0 aromatic rings. The molecule has 0 aromatic heterocycles. The van der Waals surface area contributed by atoms with Gasteiger partial charge in [0.05, 0.1) is 6.10 Å². The summed E-state index contributed by atoms with van der Waals surface area (Å²) in [5.41, 5.74) is 1.29. The van der Waals surface area contributed by atoms with Gasteiger partial charge in [-0.05, 0) is 26.2 Å². The second-order valence-electron chi connectivity index (χ2n) is 8.98. The van der Waals surface area contributed by atoms with Crippen LogP contribution in [0.1, 0.15) is 81.6 Å². The highest BCUT2D eigenvalue weighted by atomic mass is 28.4. The molecule has 130 valence electrons. The lowest BCUT2D eigenvalue weighted by Gasteiger charge is -2.57. The molecule has 1 saturated heterocycles. The van der Waals surface area contributed by atoms with Crippen LogP contribution in [0, 0.1) is 5.92 Å². The summed E-state index contributed by atoms with van der Waals surface area (Å²) >= 11 is 0. The Morgan fingerprint density at radius 3 is 1.86 bits per heavy atom. The molecular weight excluding hydrogens is 288 g/mol. The number of rotatable bonds is 4. The number of hydrogen-bond acceptors (Lipinski definition) is 2. The van der Waals surface area contributed by atoms with Gasteiger partial charge < -0.3 is 8.85 Å². The van der Waals surface area contributed by atoms with Crippen LogP contribution in [0.5, 0.6) is 0 Å². The van der Waals surface area contributed by atoms with Crippen molar-refractivity contribution in [3.8, 4) is 0 Å². The molecule has 3 heteroatoms. The van der Waals surface area contributed by atoms with Gasteiger partial charge in [0.1, 0.15) is 0 Å². The van der Waals surface area contributed by atoms with Crippen molar-refractivity contribution in [2.75, 3.05) is 0 Å². The van der Waals surface area contributed by atoms with E-state index in [2.05, 4.69) is 68.9 Å². The lowest BCUT2D eigenvalue weighted by Crippen LogP contribution is -2.65. The first-order valence-electron chi connectivity index (χ1n) is 8.92. The topological polar surface area (TPSA) is 18.5 Å².